The van der Waals surface area contributed by atoms with E-state index in [-0.39, 0.29) is 5.91 Å². The van der Waals surface area contributed by atoms with E-state index >= 15 is 0 Å². The molecule has 0 unspecified atom stereocenters. The van der Waals surface area contributed by atoms with Gasteiger partial charge in [0, 0.05) is 0 Å². The largest absolute Gasteiger partial charge is 0.344 e. The summed E-state index contributed by atoms with van der Waals surface area (Å²) < 4.78 is 0. The minimum absolute atomic E-state index is 0.0763. The summed E-state index contributed by atoms with van der Waals surface area (Å²) in [7, 11) is 0. The van der Waals surface area contributed by atoms with Crippen molar-refractivity contribution in [2.45, 2.75) is 26.3 Å². The highest BCUT2D eigenvalue weighted by molar-refractivity contribution is 5.88. The Hall–Kier alpha value is -2.35. The number of carbonyl (C=O) groups excluding carboxylic acids is 1. The molecular weight excluding hydrogens is 258 g/mol. The molecule has 0 spiro atoms. The van der Waals surface area contributed by atoms with E-state index in [2.05, 4.69) is 29.6 Å². The molecule has 0 bridgehead atoms. The first-order chi connectivity index (χ1) is 10.0. The summed E-state index contributed by atoms with van der Waals surface area (Å²) in [5.74, 6) is -0.0763. The second kappa shape index (κ2) is 6.40. The van der Waals surface area contributed by atoms with Crippen LogP contribution < -0.4 is 5.32 Å². The molecule has 2 aromatic carbocycles. The van der Waals surface area contributed by atoms with Crippen LogP contribution in [0.25, 0.3) is 11.1 Å². The normalized spacial score (nSPS) is 11.6. The third-order valence-electron chi connectivity index (χ3n) is 3.45. The fourth-order valence-corrected chi connectivity index (χ4v) is 2.29. The van der Waals surface area contributed by atoms with E-state index in [1.807, 2.05) is 51.1 Å². The highest BCUT2D eigenvalue weighted by atomic mass is 16.1. The smallest absolute Gasteiger partial charge is 0.244 e. The maximum absolute atomic E-state index is 11.8. The van der Waals surface area contributed by atoms with Gasteiger partial charge in [-0.2, -0.15) is 0 Å². The van der Waals surface area contributed by atoms with Crippen LogP contribution >= 0.6 is 0 Å². The van der Waals surface area contributed by atoms with Gasteiger partial charge < -0.3 is 5.32 Å². The maximum atomic E-state index is 11.8. The number of allylic oxidation sites excluding steroid dienone is 1. The standard InChI is InChI=1S/C19H21NO/c1-4-9-18(21)20-19(2,3)17-13-8-12-16(14-17)15-10-6-5-7-11-15/h4-14H,1-3H3,(H,20,21)/b9-4+. The molecule has 0 saturated carbocycles. The minimum Gasteiger partial charge on any atom is -0.344 e. The fraction of sp³-hybridized carbons (Fsp3) is 0.211. The van der Waals surface area contributed by atoms with Crippen molar-refractivity contribution < 1.29 is 4.79 Å². The van der Waals surface area contributed by atoms with E-state index in [4.69, 9.17) is 0 Å². The predicted octanol–water partition coefficient (Wildman–Crippen LogP) is 4.28. The Morgan fingerprint density at radius 1 is 1.00 bits per heavy atom. The Kier molecular flexibility index (Phi) is 4.59. The zero-order chi connectivity index (χ0) is 15.3. The average Bonchev–Trinajstić information content (AvgIpc) is 2.48. The SMILES string of the molecule is C/C=C/C(=O)NC(C)(C)c1cccc(-c2ccccc2)c1. The van der Waals surface area contributed by atoms with Crippen molar-refractivity contribution in [3.63, 3.8) is 0 Å². The third-order valence-corrected chi connectivity index (χ3v) is 3.45. The first-order valence-corrected chi connectivity index (χ1v) is 7.14. The number of rotatable bonds is 4. The van der Waals surface area contributed by atoms with Crippen LogP contribution in [0.4, 0.5) is 0 Å². The van der Waals surface area contributed by atoms with Crippen LogP contribution in [0.15, 0.2) is 66.7 Å². The van der Waals surface area contributed by atoms with Crippen LogP contribution in [0, 0.1) is 0 Å². The summed E-state index contributed by atoms with van der Waals surface area (Å²) in [5.41, 5.74) is 3.00. The van der Waals surface area contributed by atoms with Gasteiger partial charge in [0.15, 0.2) is 0 Å². The molecule has 0 fully saturated rings. The second-order valence-corrected chi connectivity index (χ2v) is 5.56. The van der Waals surface area contributed by atoms with Gasteiger partial charge >= 0.3 is 0 Å². The Morgan fingerprint density at radius 3 is 2.33 bits per heavy atom. The van der Waals surface area contributed by atoms with Crippen molar-refractivity contribution in [2.24, 2.45) is 0 Å². The lowest BCUT2D eigenvalue weighted by molar-refractivity contribution is -0.118. The zero-order valence-electron chi connectivity index (χ0n) is 12.8. The molecule has 108 valence electrons. The first kappa shape index (κ1) is 15.0. The highest BCUT2D eigenvalue weighted by Crippen LogP contribution is 2.26. The molecule has 2 nitrogen and oxygen atoms in total. The number of nitrogens with one attached hydrogen (secondary N) is 1. The molecule has 2 rings (SSSR count). The molecule has 0 atom stereocenters. The number of hydrogen-bond acceptors (Lipinski definition) is 1. The van der Waals surface area contributed by atoms with Crippen molar-refractivity contribution in [1.29, 1.82) is 0 Å². The first-order valence-electron chi connectivity index (χ1n) is 7.14. The van der Waals surface area contributed by atoms with E-state index < -0.39 is 5.54 Å². The molecule has 1 amide bonds. The van der Waals surface area contributed by atoms with E-state index in [1.54, 1.807) is 12.2 Å². The second-order valence-electron chi connectivity index (χ2n) is 5.56. The molecule has 2 heteroatoms. The van der Waals surface area contributed by atoms with Gasteiger partial charge in [0.2, 0.25) is 5.91 Å². The summed E-state index contributed by atoms with van der Waals surface area (Å²) in [5, 5.41) is 3.03. The van der Waals surface area contributed by atoms with Gasteiger partial charge in [0.1, 0.15) is 0 Å². The summed E-state index contributed by atoms with van der Waals surface area (Å²) in [6, 6.07) is 18.5. The Balaban J connectivity index is 2.30. The third kappa shape index (κ3) is 3.82. The summed E-state index contributed by atoms with van der Waals surface area (Å²) >= 11 is 0. The summed E-state index contributed by atoms with van der Waals surface area (Å²) in [4.78, 5) is 11.8. The number of amides is 1. The maximum Gasteiger partial charge on any atom is 0.244 e. The van der Waals surface area contributed by atoms with Gasteiger partial charge in [-0.05, 0) is 49.6 Å². The molecule has 0 heterocycles. The number of benzene rings is 2. The van der Waals surface area contributed by atoms with Crippen molar-refractivity contribution in [3.05, 3.63) is 72.3 Å². The molecule has 2 aromatic rings. The monoisotopic (exact) mass is 279 g/mol. The van der Waals surface area contributed by atoms with E-state index in [9.17, 15) is 4.79 Å². The Morgan fingerprint density at radius 2 is 1.67 bits per heavy atom. The molecular formula is C19H21NO. The molecule has 0 saturated heterocycles. The van der Waals surface area contributed by atoms with Crippen molar-refractivity contribution in [1.82, 2.24) is 5.32 Å². The van der Waals surface area contributed by atoms with Crippen LogP contribution in [0.5, 0.6) is 0 Å². The summed E-state index contributed by atoms with van der Waals surface area (Å²) in [6.45, 7) is 5.86. The lowest BCUT2D eigenvalue weighted by Crippen LogP contribution is -2.40. The molecule has 0 aliphatic rings. The minimum atomic E-state index is -0.415. The van der Waals surface area contributed by atoms with Gasteiger partial charge in [-0.15, -0.1) is 0 Å². The van der Waals surface area contributed by atoms with Crippen molar-refractivity contribution in [2.75, 3.05) is 0 Å². The Bertz CT molecular complexity index is 642. The molecule has 0 radical (unpaired) electrons. The van der Waals surface area contributed by atoms with Crippen LogP contribution in [0.3, 0.4) is 0 Å². The van der Waals surface area contributed by atoms with Crippen LogP contribution in [-0.2, 0) is 10.3 Å². The van der Waals surface area contributed by atoms with E-state index in [0.717, 1.165) is 11.1 Å². The predicted molar refractivity (Wildman–Crippen MR) is 87.9 cm³/mol. The Labute approximate surface area is 126 Å². The number of carbonyl (C=O) groups is 1. The van der Waals surface area contributed by atoms with Gasteiger partial charge in [-0.1, -0.05) is 54.6 Å². The molecule has 1 N–H and O–H groups in total. The molecule has 0 aliphatic heterocycles. The summed E-state index contributed by atoms with van der Waals surface area (Å²) in [6.07, 6.45) is 3.29. The van der Waals surface area contributed by atoms with Crippen LogP contribution in [-0.4, -0.2) is 5.91 Å². The molecule has 0 aliphatic carbocycles. The fourth-order valence-electron chi connectivity index (χ4n) is 2.29. The number of hydrogen-bond donors (Lipinski definition) is 1. The van der Waals surface area contributed by atoms with Gasteiger partial charge in [-0.3, -0.25) is 4.79 Å². The quantitative estimate of drug-likeness (QED) is 0.831. The molecule has 0 aromatic heterocycles. The lowest BCUT2D eigenvalue weighted by atomic mass is 9.91. The highest BCUT2D eigenvalue weighted by Gasteiger charge is 2.22. The zero-order valence-corrected chi connectivity index (χ0v) is 12.8. The van der Waals surface area contributed by atoms with Gasteiger partial charge in [0.05, 0.1) is 5.54 Å². The lowest BCUT2D eigenvalue weighted by Gasteiger charge is -2.27. The van der Waals surface area contributed by atoms with Gasteiger partial charge in [-0.25, -0.2) is 0 Å². The van der Waals surface area contributed by atoms with Crippen LogP contribution in [0.2, 0.25) is 0 Å². The van der Waals surface area contributed by atoms with E-state index in [0.29, 0.717) is 0 Å². The molecule has 21 heavy (non-hydrogen) atoms. The van der Waals surface area contributed by atoms with E-state index in [1.165, 1.54) is 5.56 Å². The van der Waals surface area contributed by atoms with Crippen molar-refractivity contribution >= 4 is 5.91 Å². The average molecular weight is 279 g/mol. The van der Waals surface area contributed by atoms with Gasteiger partial charge in [0.25, 0.3) is 0 Å². The topological polar surface area (TPSA) is 29.1 Å². The van der Waals surface area contributed by atoms with Crippen molar-refractivity contribution in [3.8, 4) is 11.1 Å². The van der Waals surface area contributed by atoms with Crippen LogP contribution in [0.1, 0.15) is 26.3 Å².